The zero-order valence-corrected chi connectivity index (χ0v) is 10.9. The lowest BCUT2D eigenvalue weighted by Gasteiger charge is -2.11. The molecular weight excluding hydrogens is 266 g/mol. The van der Waals surface area contributed by atoms with E-state index >= 15 is 0 Å². The molecule has 2 aromatic carbocycles. The third-order valence-corrected chi connectivity index (χ3v) is 2.97. The van der Waals surface area contributed by atoms with Crippen molar-refractivity contribution in [1.82, 2.24) is 0 Å². The third-order valence-electron chi connectivity index (χ3n) is 2.64. The maximum absolute atomic E-state index is 10.6. The molecular formula is C13H12ClN3O2. The van der Waals surface area contributed by atoms with Gasteiger partial charge >= 0.3 is 0 Å². The highest BCUT2D eigenvalue weighted by molar-refractivity contribution is 6.33. The second-order valence-electron chi connectivity index (χ2n) is 4.14. The van der Waals surface area contributed by atoms with Crippen LogP contribution in [0.15, 0.2) is 36.4 Å². The number of nitro benzene ring substituents is 1. The lowest BCUT2D eigenvalue weighted by atomic mass is 10.2. The summed E-state index contributed by atoms with van der Waals surface area (Å²) in [4.78, 5) is 10.1. The zero-order valence-electron chi connectivity index (χ0n) is 10.2. The summed E-state index contributed by atoms with van der Waals surface area (Å²) in [5.41, 5.74) is 8.38. The standard InChI is InChI=1S/C13H12ClN3O2/c1-8-2-4-10(14)13(6-8)16-12-5-3-9(17(18)19)7-11(12)15/h2-7,16H,15H2,1H3. The van der Waals surface area contributed by atoms with Crippen LogP contribution in [0.4, 0.5) is 22.7 Å². The number of aryl methyl sites for hydroxylation is 1. The molecule has 0 radical (unpaired) electrons. The molecule has 0 spiro atoms. The van der Waals surface area contributed by atoms with E-state index < -0.39 is 4.92 Å². The van der Waals surface area contributed by atoms with E-state index in [1.165, 1.54) is 12.1 Å². The van der Waals surface area contributed by atoms with Gasteiger partial charge in [-0.15, -0.1) is 0 Å². The molecule has 0 aliphatic rings. The van der Waals surface area contributed by atoms with E-state index in [0.29, 0.717) is 22.1 Å². The van der Waals surface area contributed by atoms with Gasteiger partial charge in [-0.3, -0.25) is 10.1 Å². The molecule has 0 aromatic heterocycles. The Bertz CT molecular complexity index is 644. The van der Waals surface area contributed by atoms with Gasteiger partial charge in [0.15, 0.2) is 0 Å². The Labute approximate surface area is 115 Å². The average molecular weight is 278 g/mol. The number of hydrogen-bond acceptors (Lipinski definition) is 4. The van der Waals surface area contributed by atoms with Crippen molar-refractivity contribution in [2.24, 2.45) is 0 Å². The molecule has 0 aliphatic heterocycles. The number of nitrogens with zero attached hydrogens (tertiary/aromatic N) is 1. The Balaban J connectivity index is 2.33. The molecule has 19 heavy (non-hydrogen) atoms. The second kappa shape index (κ2) is 5.16. The molecule has 0 amide bonds. The molecule has 0 bridgehead atoms. The average Bonchev–Trinajstić information content (AvgIpc) is 2.36. The molecule has 0 aliphatic carbocycles. The molecule has 6 heteroatoms. The largest absolute Gasteiger partial charge is 0.397 e. The van der Waals surface area contributed by atoms with Crippen molar-refractivity contribution in [3.05, 3.63) is 57.1 Å². The van der Waals surface area contributed by atoms with E-state index in [1.807, 2.05) is 19.1 Å². The first-order chi connectivity index (χ1) is 8.97. The van der Waals surface area contributed by atoms with Crippen molar-refractivity contribution < 1.29 is 4.92 Å². The van der Waals surface area contributed by atoms with Crippen molar-refractivity contribution in [2.75, 3.05) is 11.1 Å². The molecule has 5 nitrogen and oxygen atoms in total. The van der Waals surface area contributed by atoms with Crippen LogP contribution < -0.4 is 11.1 Å². The summed E-state index contributed by atoms with van der Waals surface area (Å²) in [5.74, 6) is 0. The smallest absolute Gasteiger partial charge is 0.271 e. The summed E-state index contributed by atoms with van der Waals surface area (Å²) >= 11 is 6.07. The van der Waals surface area contributed by atoms with Crippen LogP contribution >= 0.6 is 11.6 Å². The molecule has 0 unspecified atom stereocenters. The summed E-state index contributed by atoms with van der Waals surface area (Å²) in [7, 11) is 0. The first-order valence-corrected chi connectivity index (χ1v) is 5.92. The Morgan fingerprint density at radius 1 is 1.21 bits per heavy atom. The van der Waals surface area contributed by atoms with E-state index in [1.54, 1.807) is 12.1 Å². The zero-order chi connectivity index (χ0) is 14.0. The second-order valence-corrected chi connectivity index (χ2v) is 4.54. The van der Waals surface area contributed by atoms with Crippen LogP contribution in [0.5, 0.6) is 0 Å². The van der Waals surface area contributed by atoms with E-state index in [2.05, 4.69) is 5.32 Å². The first-order valence-electron chi connectivity index (χ1n) is 5.54. The molecule has 3 N–H and O–H groups in total. The van der Waals surface area contributed by atoms with E-state index in [0.717, 1.165) is 5.56 Å². The molecule has 2 rings (SSSR count). The molecule has 2 aromatic rings. The van der Waals surface area contributed by atoms with E-state index in [9.17, 15) is 10.1 Å². The Morgan fingerprint density at radius 2 is 1.95 bits per heavy atom. The topological polar surface area (TPSA) is 81.2 Å². The summed E-state index contributed by atoms with van der Waals surface area (Å²) in [6.45, 7) is 1.95. The quantitative estimate of drug-likeness (QED) is 0.507. The van der Waals surface area contributed by atoms with Crippen molar-refractivity contribution in [3.63, 3.8) is 0 Å². The summed E-state index contributed by atoms with van der Waals surface area (Å²) in [6.07, 6.45) is 0. The fraction of sp³-hybridized carbons (Fsp3) is 0.0769. The lowest BCUT2D eigenvalue weighted by Crippen LogP contribution is -1.98. The lowest BCUT2D eigenvalue weighted by molar-refractivity contribution is -0.384. The summed E-state index contributed by atoms with van der Waals surface area (Å²) in [6, 6.07) is 9.82. The minimum absolute atomic E-state index is 0.0432. The van der Waals surface area contributed by atoms with Crippen LogP contribution in [0.2, 0.25) is 5.02 Å². The predicted molar refractivity (Wildman–Crippen MR) is 77.0 cm³/mol. The molecule has 0 fully saturated rings. The van der Waals surface area contributed by atoms with Gasteiger partial charge in [0.05, 0.1) is 27.0 Å². The van der Waals surface area contributed by atoms with Gasteiger partial charge in [0.2, 0.25) is 0 Å². The van der Waals surface area contributed by atoms with Gasteiger partial charge in [-0.2, -0.15) is 0 Å². The monoisotopic (exact) mass is 277 g/mol. The van der Waals surface area contributed by atoms with Gasteiger partial charge in [-0.1, -0.05) is 17.7 Å². The van der Waals surface area contributed by atoms with Crippen molar-refractivity contribution in [2.45, 2.75) is 6.92 Å². The summed E-state index contributed by atoms with van der Waals surface area (Å²) < 4.78 is 0. The van der Waals surface area contributed by atoms with Gasteiger partial charge in [-0.05, 0) is 30.7 Å². The Morgan fingerprint density at radius 3 is 2.58 bits per heavy atom. The van der Waals surface area contributed by atoms with Gasteiger partial charge < -0.3 is 11.1 Å². The maximum atomic E-state index is 10.6. The van der Waals surface area contributed by atoms with Crippen LogP contribution in [-0.2, 0) is 0 Å². The molecule has 0 atom stereocenters. The fourth-order valence-electron chi connectivity index (χ4n) is 1.66. The highest BCUT2D eigenvalue weighted by Gasteiger charge is 2.09. The number of non-ortho nitro benzene ring substituents is 1. The van der Waals surface area contributed by atoms with Gasteiger partial charge in [-0.25, -0.2) is 0 Å². The minimum Gasteiger partial charge on any atom is -0.397 e. The number of halogens is 1. The van der Waals surface area contributed by atoms with Gasteiger partial charge in [0.25, 0.3) is 5.69 Å². The van der Waals surface area contributed by atoms with Crippen LogP contribution in [0, 0.1) is 17.0 Å². The minimum atomic E-state index is -0.486. The van der Waals surface area contributed by atoms with Crippen molar-refractivity contribution in [1.29, 1.82) is 0 Å². The fourth-order valence-corrected chi connectivity index (χ4v) is 1.82. The van der Waals surface area contributed by atoms with E-state index in [-0.39, 0.29) is 5.69 Å². The molecule has 98 valence electrons. The molecule has 0 saturated heterocycles. The number of nitrogens with two attached hydrogens (primary N) is 1. The number of benzene rings is 2. The van der Waals surface area contributed by atoms with E-state index in [4.69, 9.17) is 17.3 Å². The Hall–Kier alpha value is -2.27. The SMILES string of the molecule is Cc1ccc(Cl)c(Nc2ccc([N+](=O)[O-])cc2N)c1. The van der Waals surface area contributed by atoms with Crippen molar-refractivity contribution in [3.8, 4) is 0 Å². The number of hydrogen-bond donors (Lipinski definition) is 2. The predicted octanol–water partition coefficient (Wildman–Crippen LogP) is 3.88. The van der Waals surface area contributed by atoms with Crippen LogP contribution in [0.25, 0.3) is 0 Å². The number of nitrogen functional groups attached to an aromatic ring is 1. The number of nitro groups is 1. The maximum Gasteiger partial charge on any atom is 0.271 e. The number of rotatable bonds is 3. The first kappa shape index (κ1) is 13.2. The van der Waals surface area contributed by atoms with Crippen molar-refractivity contribution >= 4 is 34.4 Å². The number of anilines is 3. The van der Waals surface area contributed by atoms with Crippen LogP contribution in [-0.4, -0.2) is 4.92 Å². The van der Waals surface area contributed by atoms with Crippen LogP contribution in [0.3, 0.4) is 0 Å². The molecule has 0 heterocycles. The number of nitrogens with one attached hydrogen (secondary N) is 1. The molecule has 0 saturated carbocycles. The highest BCUT2D eigenvalue weighted by Crippen LogP contribution is 2.31. The highest BCUT2D eigenvalue weighted by atomic mass is 35.5. The van der Waals surface area contributed by atoms with Crippen LogP contribution in [0.1, 0.15) is 5.56 Å². The third kappa shape index (κ3) is 2.95. The summed E-state index contributed by atoms with van der Waals surface area (Å²) in [5, 5.41) is 14.3. The normalized spacial score (nSPS) is 10.2. The van der Waals surface area contributed by atoms with Gasteiger partial charge in [0.1, 0.15) is 0 Å². The van der Waals surface area contributed by atoms with Gasteiger partial charge in [0, 0.05) is 12.1 Å². The Kier molecular flexibility index (Phi) is 3.57.